The number of hydrogen-bond donors (Lipinski definition) is 1. The number of rotatable bonds is 8. The molecule has 0 aromatic heterocycles. The van der Waals surface area contributed by atoms with Gasteiger partial charge in [-0.05, 0) is 83.9 Å². The molecule has 2 rings (SSSR count). The van der Waals surface area contributed by atoms with E-state index >= 15 is 4.39 Å². The number of halogens is 2. The molecule has 1 aliphatic carbocycles. The summed E-state index contributed by atoms with van der Waals surface area (Å²) in [5.41, 5.74) is 3.40. The Morgan fingerprint density at radius 3 is 2.12 bits per heavy atom. The lowest BCUT2D eigenvalue weighted by atomic mass is 9.62. The van der Waals surface area contributed by atoms with E-state index in [-0.39, 0.29) is 16.4 Å². The van der Waals surface area contributed by atoms with E-state index < -0.39 is 17.6 Å². The molecule has 0 amide bonds. The van der Waals surface area contributed by atoms with E-state index in [9.17, 15) is 9.18 Å². The lowest BCUT2D eigenvalue weighted by molar-refractivity contribution is -0.134. The van der Waals surface area contributed by atoms with Gasteiger partial charge in [0.2, 0.25) is 5.83 Å². The predicted octanol–water partition coefficient (Wildman–Crippen LogP) is 7.80. The Morgan fingerprint density at radius 2 is 1.62 bits per heavy atom. The van der Waals surface area contributed by atoms with Gasteiger partial charge in [-0.1, -0.05) is 47.6 Å². The molecule has 0 bridgehead atoms. The van der Waals surface area contributed by atoms with Crippen molar-refractivity contribution in [2.24, 2.45) is 0 Å². The number of ether oxygens (including phenoxy) is 1. The molecule has 176 valence electrons. The van der Waals surface area contributed by atoms with Crippen LogP contribution in [0.4, 0.5) is 8.78 Å². The summed E-state index contributed by atoms with van der Waals surface area (Å²) < 4.78 is 35.0. The van der Waals surface area contributed by atoms with Gasteiger partial charge in [-0.25, -0.2) is 9.18 Å². The smallest absolute Gasteiger partial charge is 0.365 e. The zero-order valence-electron chi connectivity index (χ0n) is 20.4. The Bertz CT molecular complexity index is 965. The molecule has 1 aromatic carbocycles. The SMILES string of the molecule is CCCOc1cc2c(cc1\C(CC)=C(F)/C=C/C(C)=C(\F)C(=O)O)C(C)(C)CCC2(C)C. The van der Waals surface area contributed by atoms with Gasteiger partial charge in [-0.2, -0.15) is 4.39 Å². The van der Waals surface area contributed by atoms with E-state index in [0.717, 1.165) is 31.4 Å². The summed E-state index contributed by atoms with van der Waals surface area (Å²) in [7, 11) is 0. The lowest BCUT2D eigenvalue weighted by Crippen LogP contribution is -2.34. The normalized spacial score (nSPS) is 18.7. The quantitative estimate of drug-likeness (QED) is 0.327. The first-order valence-corrected chi connectivity index (χ1v) is 11.3. The monoisotopic (exact) mass is 446 g/mol. The highest BCUT2D eigenvalue weighted by atomic mass is 19.1. The van der Waals surface area contributed by atoms with Crippen molar-refractivity contribution in [2.45, 2.75) is 85.0 Å². The third-order valence-electron chi connectivity index (χ3n) is 6.40. The third-order valence-corrected chi connectivity index (χ3v) is 6.40. The minimum absolute atomic E-state index is 0.00147. The zero-order chi connectivity index (χ0) is 24.3. The van der Waals surface area contributed by atoms with Gasteiger partial charge in [0.25, 0.3) is 0 Å². The molecule has 0 atom stereocenters. The van der Waals surface area contributed by atoms with E-state index in [1.807, 2.05) is 13.8 Å². The van der Waals surface area contributed by atoms with Crippen molar-refractivity contribution >= 4 is 11.5 Å². The van der Waals surface area contributed by atoms with Crippen LogP contribution in [0, 0.1) is 0 Å². The number of benzene rings is 1. The van der Waals surface area contributed by atoms with Crippen LogP contribution in [-0.4, -0.2) is 17.7 Å². The van der Waals surface area contributed by atoms with E-state index in [4.69, 9.17) is 9.84 Å². The minimum atomic E-state index is -1.66. The average molecular weight is 447 g/mol. The molecule has 32 heavy (non-hydrogen) atoms. The fraction of sp³-hybridized carbons (Fsp3) is 0.519. The van der Waals surface area contributed by atoms with Crippen LogP contribution < -0.4 is 4.74 Å². The Hall–Kier alpha value is -2.43. The molecule has 0 heterocycles. The van der Waals surface area contributed by atoms with Gasteiger partial charge >= 0.3 is 5.97 Å². The van der Waals surface area contributed by atoms with Gasteiger partial charge in [0, 0.05) is 5.56 Å². The van der Waals surface area contributed by atoms with Crippen molar-refractivity contribution in [1.29, 1.82) is 0 Å². The number of fused-ring (bicyclic) bond motifs is 1. The van der Waals surface area contributed by atoms with Crippen molar-refractivity contribution in [1.82, 2.24) is 0 Å². The van der Waals surface area contributed by atoms with Gasteiger partial charge in [0.1, 0.15) is 11.6 Å². The highest BCUT2D eigenvalue weighted by Crippen LogP contribution is 2.49. The first kappa shape index (κ1) is 25.8. The maximum absolute atomic E-state index is 15.3. The van der Waals surface area contributed by atoms with Crippen LogP contribution in [0.3, 0.4) is 0 Å². The third kappa shape index (κ3) is 5.48. The molecule has 1 aromatic rings. The molecule has 0 fully saturated rings. The van der Waals surface area contributed by atoms with Crippen molar-refractivity contribution in [2.75, 3.05) is 6.61 Å². The van der Waals surface area contributed by atoms with E-state index in [1.165, 1.54) is 18.1 Å². The number of carboxylic acids is 1. The maximum atomic E-state index is 15.3. The van der Waals surface area contributed by atoms with Crippen LogP contribution in [0.25, 0.3) is 5.57 Å². The Balaban J connectivity index is 2.70. The lowest BCUT2D eigenvalue weighted by Gasteiger charge is -2.42. The molecule has 0 saturated heterocycles. The first-order chi connectivity index (χ1) is 14.9. The summed E-state index contributed by atoms with van der Waals surface area (Å²) in [6.07, 6.45) is 5.63. The Morgan fingerprint density at radius 1 is 1.06 bits per heavy atom. The van der Waals surface area contributed by atoms with Crippen LogP contribution in [0.15, 0.2) is 41.5 Å². The number of carboxylic acid groups (broad SMARTS) is 1. The van der Waals surface area contributed by atoms with Gasteiger partial charge in [-0.3, -0.25) is 0 Å². The number of aliphatic carboxylic acids is 1. The Kier molecular flexibility index (Phi) is 8.08. The summed E-state index contributed by atoms with van der Waals surface area (Å²) >= 11 is 0. The summed E-state index contributed by atoms with van der Waals surface area (Å²) in [5, 5.41) is 8.78. The minimum Gasteiger partial charge on any atom is -0.493 e. The molecule has 1 aliphatic rings. The highest BCUT2D eigenvalue weighted by molar-refractivity contribution is 5.85. The molecular weight excluding hydrogens is 410 g/mol. The van der Waals surface area contributed by atoms with Crippen molar-refractivity contribution < 1.29 is 23.4 Å². The number of carbonyl (C=O) groups is 1. The van der Waals surface area contributed by atoms with Gasteiger partial charge < -0.3 is 9.84 Å². The zero-order valence-corrected chi connectivity index (χ0v) is 20.4. The van der Waals surface area contributed by atoms with E-state index in [2.05, 4.69) is 39.8 Å². The van der Waals surface area contributed by atoms with Gasteiger partial charge in [0.15, 0.2) is 0 Å². The summed E-state index contributed by atoms with van der Waals surface area (Å²) in [4.78, 5) is 10.8. The molecule has 0 radical (unpaired) electrons. The highest BCUT2D eigenvalue weighted by Gasteiger charge is 2.38. The molecule has 1 N–H and O–H groups in total. The largest absolute Gasteiger partial charge is 0.493 e. The van der Waals surface area contributed by atoms with E-state index in [1.54, 1.807) is 0 Å². The molecule has 0 aliphatic heterocycles. The summed E-state index contributed by atoms with van der Waals surface area (Å²) in [5.74, 6) is -2.83. The molecular formula is C27H36F2O3. The second-order valence-corrected chi connectivity index (χ2v) is 9.83. The maximum Gasteiger partial charge on any atom is 0.365 e. The Labute approximate surface area is 190 Å². The predicted molar refractivity (Wildman–Crippen MR) is 126 cm³/mol. The number of hydrogen-bond acceptors (Lipinski definition) is 2. The molecule has 0 spiro atoms. The number of allylic oxidation sites excluding steroid dienone is 5. The summed E-state index contributed by atoms with van der Waals surface area (Å²) in [6, 6.07) is 4.14. The van der Waals surface area contributed by atoms with Crippen LogP contribution in [0.5, 0.6) is 5.75 Å². The first-order valence-electron chi connectivity index (χ1n) is 11.3. The van der Waals surface area contributed by atoms with Gasteiger partial charge in [-0.15, -0.1) is 0 Å². The van der Waals surface area contributed by atoms with E-state index in [0.29, 0.717) is 29.9 Å². The van der Waals surface area contributed by atoms with Crippen LogP contribution in [-0.2, 0) is 15.6 Å². The van der Waals surface area contributed by atoms with Gasteiger partial charge in [0.05, 0.1) is 6.61 Å². The van der Waals surface area contributed by atoms with Crippen LogP contribution >= 0.6 is 0 Å². The second-order valence-electron chi connectivity index (χ2n) is 9.83. The average Bonchev–Trinajstić information content (AvgIpc) is 2.73. The van der Waals surface area contributed by atoms with Crippen molar-refractivity contribution in [3.05, 3.63) is 58.2 Å². The molecule has 0 saturated carbocycles. The molecule has 3 nitrogen and oxygen atoms in total. The van der Waals surface area contributed by atoms with Crippen molar-refractivity contribution in [3.8, 4) is 5.75 Å². The fourth-order valence-corrected chi connectivity index (χ4v) is 4.19. The molecule has 0 unspecified atom stereocenters. The second kappa shape index (κ2) is 10.0. The topological polar surface area (TPSA) is 46.5 Å². The fourth-order valence-electron chi connectivity index (χ4n) is 4.19. The standard InChI is InChI=1S/C27H36F2O3/c1-8-14-32-23-16-21-20(26(4,5)12-13-27(21,6)7)15-19(23)18(9-2)22(28)11-10-17(3)24(29)25(30)31/h10-11,15-16H,8-9,12-14H2,1-7H3,(H,30,31)/b11-10+,22-18+,24-17-. The molecule has 5 heteroatoms. The van der Waals surface area contributed by atoms with Crippen molar-refractivity contribution in [3.63, 3.8) is 0 Å². The summed E-state index contributed by atoms with van der Waals surface area (Å²) in [6.45, 7) is 14.6. The van der Waals surface area contributed by atoms with Crippen LogP contribution in [0.1, 0.15) is 90.8 Å². The van der Waals surface area contributed by atoms with Crippen LogP contribution in [0.2, 0.25) is 0 Å².